The van der Waals surface area contributed by atoms with Gasteiger partial charge in [0.25, 0.3) is 5.92 Å². The van der Waals surface area contributed by atoms with Crippen molar-refractivity contribution in [2.75, 3.05) is 5.32 Å². The number of hydrogen-bond acceptors (Lipinski definition) is 2. The summed E-state index contributed by atoms with van der Waals surface area (Å²) in [4.78, 5) is 15.3. The van der Waals surface area contributed by atoms with Crippen molar-refractivity contribution >= 4 is 27.8 Å². The van der Waals surface area contributed by atoms with E-state index in [-0.39, 0.29) is 12.8 Å². The van der Waals surface area contributed by atoms with Crippen LogP contribution in [-0.2, 0) is 0 Å². The number of alkyl halides is 2. The lowest BCUT2D eigenvalue weighted by Gasteiger charge is -2.35. The van der Waals surface area contributed by atoms with Crippen molar-refractivity contribution in [2.45, 2.75) is 24.8 Å². The van der Waals surface area contributed by atoms with E-state index >= 15 is 0 Å². The van der Waals surface area contributed by atoms with Crippen molar-refractivity contribution in [3.63, 3.8) is 0 Å². The van der Waals surface area contributed by atoms with Gasteiger partial charge >= 0.3 is 6.03 Å². The first-order valence-electron chi connectivity index (χ1n) is 5.01. The van der Waals surface area contributed by atoms with Crippen LogP contribution in [0.2, 0.25) is 0 Å². The molecule has 7 heteroatoms. The second-order valence-electron chi connectivity index (χ2n) is 3.92. The molecule has 1 aromatic rings. The van der Waals surface area contributed by atoms with Gasteiger partial charge in [-0.05, 0) is 12.1 Å². The normalized spacial score (nSPS) is 18.3. The van der Waals surface area contributed by atoms with Crippen LogP contribution in [0, 0.1) is 0 Å². The third-order valence-corrected chi connectivity index (χ3v) is 2.88. The van der Waals surface area contributed by atoms with E-state index in [4.69, 9.17) is 0 Å². The summed E-state index contributed by atoms with van der Waals surface area (Å²) in [5.41, 5.74) is 0. The molecule has 17 heavy (non-hydrogen) atoms. The van der Waals surface area contributed by atoms with Crippen molar-refractivity contribution in [1.29, 1.82) is 0 Å². The first kappa shape index (κ1) is 12.2. The lowest BCUT2D eigenvalue weighted by Crippen LogP contribution is -2.51. The molecule has 2 N–H and O–H groups in total. The minimum Gasteiger partial charge on any atom is -0.335 e. The standard InChI is InChI=1S/C10H10BrF2N3O/c11-6-1-2-14-8(3-6)16-9(17)15-7-4-10(12,13)5-7/h1-3,7H,4-5H2,(H2,14,15,16,17). The molecule has 1 aliphatic carbocycles. The van der Waals surface area contributed by atoms with Gasteiger partial charge in [-0.25, -0.2) is 18.6 Å². The molecule has 1 fully saturated rings. The molecular formula is C10H10BrF2N3O. The Bertz CT molecular complexity index is 433. The Hall–Kier alpha value is -1.24. The number of aromatic nitrogens is 1. The van der Waals surface area contributed by atoms with Crippen LogP contribution in [0.3, 0.4) is 0 Å². The van der Waals surface area contributed by atoms with Crippen LogP contribution in [0.1, 0.15) is 12.8 Å². The maximum Gasteiger partial charge on any atom is 0.320 e. The average Bonchev–Trinajstić information content (AvgIpc) is 2.14. The Morgan fingerprint density at radius 3 is 2.82 bits per heavy atom. The summed E-state index contributed by atoms with van der Waals surface area (Å²) >= 11 is 3.23. The number of rotatable bonds is 2. The van der Waals surface area contributed by atoms with E-state index in [0.717, 1.165) is 4.47 Å². The first-order chi connectivity index (χ1) is 7.94. The summed E-state index contributed by atoms with van der Waals surface area (Å²) < 4.78 is 25.8. The predicted molar refractivity (Wildman–Crippen MR) is 62.1 cm³/mol. The van der Waals surface area contributed by atoms with Gasteiger partial charge < -0.3 is 5.32 Å². The number of carbonyl (C=O) groups is 1. The molecule has 1 saturated carbocycles. The molecule has 2 amide bonds. The second-order valence-corrected chi connectivity index (χ2v) is 4.83. The molecule has 92 valence electrons. The van der Waals surface area contributed by atoms with Crippen LogP contribution in [0.5, 0.6) is 0 Å². The zero-order chi connectivity index (χ0) is 12.5. The van der Waals surface area contributed by atoms with Gasteiger partial charge in [0, 0.05) is 29.6 Å². The Morgan fingerprint density at radius 1 is 1.53 bits per heavy atom. The Labute approximate surface area is 105 Å². The molecule has 0 radical (unpaired) electrons. The Morgan fingerprint density at radius 2 is 2.24 bits per heavy atom. The number of amides is 2. The summed E-state index contributed by atoms with van der Waals surface area (Å²) in [6.07, 6.45) is 0.926. The number of carbonyl (C=O) groups excluding carboxylic acids is 1. The van der Waals surface area contributed by atoms with Crippen LogP contribution in [-0.4, -0.2) is 23.0 Å². The molecule has 1 aliphatic rings. The highest BCUT2D eigenvalue weighted by molar-refractivity contribution is 9.10. The number of urea groups is 1. The maximum atomic E-state index is 12.5. The van der Waals surface area contributed by atoms with Crippen LogP contribution in [0.15, 0.2) is 22.8 Å². The molecule has 0 atom stereocenters. The van der Waals surface area contributed by atoms with E-state index in [0.29, 0.717) is 5.82 Å². The van der Waals surface area contributed by atoms with Crippen molar-refractivity contribution in [3.8, 4) is 0 Å². The van der Waals surface area contributed by atoms with E-state index in [1.807, 2.05) is 0 Å². The summed E-state index contributed by atoms with van der Waals surface area (Å²) in [5, 5.41) is 4.93. The third-order valence-electron chi connectivity index (χ3n) is 2.39. The number of nitrogens with one attached hydrogen (secondary N) is 2. The van der Waals surface area contributed by atoms with Crippen molar-refractivity contribution in [2.24, 2.45) is 0 Å². The fraction of sp³-hybridized carbons (Fsp3) is 0.400. The van der Waals surface area contributed by atoms with Gasteiger partial charge in [-0.3, -0.25) is 5.32 Å². The van der Waals surface area contributed by atoms with Crippen LogP contribution < -0.4 is 10.6 Å². The van der Waals surface area contributed by atoms with E-state index in [1.54, 1.807) is 12.1 Å². The largest absolute Gasteiger partial charge is 0.335 e. The lowest BCUT2D eigenvalue weighted by atomic mass is 9.88. The van der Waals surface area contributed by atoms with Gasteiger partial charge in [0.1, 0.15) is 5.82 Å². The average molecular weight is 306 g/mol. The van der Waals surface area contributed by atoms with Crippen LogP contribution >= 0.6 is 15.9 Å². The topological polar surface area (TPSA) is 54.0 Å². The lowest BCUT2D eigenvalue weighted by molar-refractivity contribution is -0.0893. The summed E-state index contributed by atoms with van der Waals surface area (Å²) in [6, 6.07) is 2.36. The quantitative estimate of drug-likeness (QED) is 0.883. The molecule has 4 nitrogen and oxygen atoms in total. The van der Waals surface area contributed by atoms with Crippen LogP contribution in [0.4, 0.5) is 19.4 Å². The fourth-order valence-corrected chi connectivity index (χ4v) is 1.91. The predicted octanol–water partition coefficient (Wildman–Crippen LogP) is 2.76. The van der Waals surface area contributed by atoms with Crippen molar-refractivity contribution in [1.82, 2.24) is 10.3 Å². The first-order valence-corrected chi connectivity index (χ1v) is 5.81. The van der Waals surface area contributed by atoms with Crippen LogP contribution in [0.25, 0.3) is 0 Å². The van der Waals surface area contributed by atoms with E-state index in [9.17, 15) is 13.6 Å². The SMILES string of the molecule is O=C(Nc1cc(Br)ccn1)NC1CC(F)(F)C1. The monoisotopic (exact) mass is 305 g/mol. The fourth-order valence-electron chi connectivity index (χ4n) is 1.57. The van der Waals surface area contributed by atoms with E-state index in [1.165, 1.54) is 6.20 Å². The zero-order valence-electron chi connectivity index (χ0n) is 8.71. The molecule has 0 bridgehead atoms. The Kier molecular flexibility index (Phi) is 3.28. The molecule has 0 saturated heterocycles. The highest BCUT2D eigenvalue weighted by Gasteiger charge is 2.45. The minimum atomic E-state index is -2.63. The highest BCUT2D eigenvalue weighted by Crippen LogP contribution is 2.37. The number of hydrogen-bond donors (Lipinski definition) is 2. The van der Waals surface area contributed by atoms with Crippen molar-refractivity contribution < 1.29 is 13.6 Å². The Balaban J connectivity index is 1.82. The second kappa shape index (κ2) is 4.56. The number of anilines is 1. The van der Waals surface area contributed by atoms with E-state index in [2.05, 4.69) is 31.5 Å². The van der Waals surface area contributed by atoms with Gasteiger partial charge in [0.2, 0.25) is 0 Å². The molecule has 0 aromatic carbocycles. The summed E-state index contributed by atoms with van der Waals surface area (Å²) in [5.74, 6) is -2.27. The van der Waals surface area contributed by atoms with E-state index < -0.39 is 18.0 Å². The smallest absolute Gasteiger partial charge is 0.320 e. The minimum absolute atomic E-state index is 0.299. The van der Waals surface area contributed by atoms with Crippen molar-refractivity contribution in [3.05, 3.63) is 22.8 Å². The number of pyridine rings is 1. The number of halogens is 3. The number of nitrogens with zero attached hydrogens (tertiary/aromatic N) is 1. The van der Waals surface area contributed by atoms with Gasteiger partial charge in [-0.1, -0.05) is 15.9 Å². The molecule has 2 rings (SSSR count). The zero-order valence-corrected chi connectivity index (χ0v) is 10.3. The molecule has 0 spiro atoms. The van der Waals surface area contributed by atoms with Gasteiger partial charge in [-0.15, -0.1) is 0 Å². The summed E-state index contributed by atoms with van der Waals surface area (Å²) in [6.45, 7) is 0. The molecular weight excluding hydrogens is 296 g/mol. The molecule has 1 heterocycles. The van der Waals surface area contributed by atoms with Gasteiger partial charge in [0.05, 0.1) is 0 Å². The van der Waals surface area contributed by atoms with Gasteiger partial charge in [-0.2, -0.15) is 0 Å². The summed E-state index contributed by atoms with van der Waals surface area (Å²) in [7, 11) is 0. The van der Waals surface area contributed by atoms with Gasteiger partial charge in [0.15, 0.2) is 0 Å². The maximum absolute atomic E-state index is 12.5. The molecule has 1 aromatic heterocycles. The molecule has 0 aliphatic heterocycles. The molecule has 0 unspecified atom stereocenters. The third kappa shape index (κ3) is 3.36. The highest BCUT2D eigenvalue weighted by atomic mass is 79.9.